The second-order valence-electron chi connectivity index (χ2n) is 7.38. The highest BCUT2D eigenvalue weighted by Crippen LogP contribution is 2.27. The molecule has 5 rings (SSSR count). The van der Waals surface area contributed by atoms with E-state index in [9.17, 15) is 9.59 Å². The molecule has 0 bridgehead atoms. The van der Waals surface area contributed by atoms with Gasteiger partial charge in [0, 0.05) is 55.9 Å². The summed E-state index contributed by atoms with van der Waals surface area (Å²) in [6.45, 7) is 5.32. The number of fused-ring (bicyclic) bond motifs is 1. The Morgan fingerprint density at radius 1 is 1.20 bits per heavy atom. The number of carbonyl (C=O) groups excluding carboxylic acids is 2. The highest BCUT2D eigenvalue weighted by molar-refractivity contribution is 6.00. The molecule has 0 aromatic carbocycles. The summed E-state index contributed by atoms with van der Waals surface area (Å²) < 4.78 is 8.96. The van der Waals surface area contributed by atoms with Crippen molar-refractivity contribution < 1.29 is 14.3 Å². The van der Waals surface area contributed by atoms with Crippen molar-refractivity contribution >= 4 is 17.6 Å². The number of nitrogens with zero attached hydrogens (tertiary/aromatic N) is 6. The van der Waals surface area contributed by atoms with Crippen molar-refractivity contribution in [2.75, 3.05) is 39.4 Å². The molecule has 1 unspecified atom stereocenters. The van der Waals surface area contributed by atoms with Gasteiger partial charge < -0.3 is 10.1 Å². The summed E-state index contributed by atoms with van der Waals surface area (Å²) in [7, 11) is 0. The first kappa shape index (κ1) is 18.7. The van der Waals surface area contributed by atoms with Gasteiger partial charge in [0.2, 0.25) is 5.91 Å². The van der Waals surface area contributed by atoms with Crippen LogP contribution in [0.15, 0.2) is 30.9 Å². The number of amides is 3. The Kier molecular flexibility index (Phi) is 4.89. The average Bonchev–Trinajstić information content (AvgIpc) is 3.42. The molecule has 11 heteroatoms. The zero-order valence-electron chi connectivity index (χ0n) is 16.3. The minimum atomic E-state index is -0.565. The molecule has 1 atom stereocenters. The predicted octanol–water partition coefficient (Wildman–Crippen LogP) is -0.152. The number of ether oxygens (including phenoxy) is 1. The first-order chi connectivity index (χ1) is 14.7. The number of imidazole rings is 1. The van der Waals surface area contributed by atoms with Crippen LogP contribution in [-0.4, -0.2) is 80.6 Å². The van der Waals surface area contributed by atoms with Gasteiger partial charge in [0.15, 0.2) is 5.65 Å². The Morgan fingerprint density at radius 3 is 2.90 bits per heavy atom. The van der Waals surface area contributed by atoms with Crippen LogP contribution in [0, 0.1) is 0 Å². The normalized spacial score (nSPS) is 20.3. The number of rotatable bonds is 5. The second-order valence-corrected chi connectivity index (χ2v) is 7.38. The van der Waals surface area contributed by atoms with Crippen LogP contribution in [0.25, 0.3) is 16.8 Å². The van der Waals surface area contributed by atoms with Crippen molar-refractivity contribution in [3.63, 3.8) is 0 Å². The number of hydrogen-bond donors (Lipinski definition) is 2. The Labute approximate surface area is 172 Å². The van der Waals surface area contributed by atoms with E-state index in [4.69, 9.17) is 4.74 Å². The minimum Gasteiger partial charge on any atom is -0.379 e. The van der Waals surface area contributed by atoms with Gasteiger partial charge in [-0.25, -0.2) is 14.3 Å². The molecule has 3 aromatic heterocycles. The Bertz CT molecular complexity index is 1080. The maximum atomic E-state index is 12.3. The van der Waals surface area contributed by atoms with E-state index in [-0.39, 0.29) is 12.5 Å². The molecule has 30 heavy (non-hydrogen) atoms. The highest BCUT2D eigenvalue weighted by Gasteiger charge is 2.30. The molecular weight excluding hydrogens is 388 g/mol. The molecule has 0 spiro atoms. The number of aromatic nitrogens is 5. The van der Waals surface area contributed by atoms with E-state index in [2.05, 4.69) is 30.7 Å². The predicted molar refractivity (Wildman–Crippen MR) is 106 cm³/mol. The summed E-state index contributed by atoms with van der Waals surface area (Å²) in [4.78, 5) is 30.5. The van der Waals surface area contributed by atoms with Crippen molar-refractivity contribution in [2.24, 2.45) is 0 Å². The van der Waals surface area contributed by atoms with Gasteiger partial charge in [0.05, 0.1) is 37.6 Å². The fraction of sp³-hybridized carbons (Fsp3) is 0.421. The van der Waals surface area contributed by atoms with Crippen LogP contribution in [0.4, 0.5) is 4.79 Å². The van der Waals surface area contributed by atoms with Gasteiger partial charge in [0.1, 0.15) is 0 Å². The number of carbonyl (C=O) groups is 2. The fourth-order valence-corrected chi connectivity index (χ4v) is 3.78. The zero-order valence-corrected chi connectivity index (χ0v) is 16.3. The van der Waals surface area contributed by atoms with Gasteiger partial charge in [-0.3, -0.25) is 19.7 Å². The van der Waals surface area contributed by atoms with E-state index in [0.717, 1.165) is 50.5 Å². The van der Waals surface area contributed by atoms with E-state index in [1.165, 1.54) is 0 Å². The first-order valence-electron chi connectivity index (χ1n) is 9.93. The summed E-state index contributed by atoms with van der Waals surface area (Å²) >= 11 is 0. The third-order valence-electron chi connectivity index (χ3n) is 5.45. The molecule has 2 fully saturated rings. The molecule has 0 saturated carbocycles. The topological polar surface area (TPSA) is 119 Å². The first-order valence-corrected chi connectivity index (χ1v) is 9.93. The summed E-state index contributed by atoms with van der Waals surface area (Å²) in [5.74, 6) is -0.928. The van der Waals surface area contributed by atoms with Gasteiger partial charge >= 0.3 is 6.03 Å². The summed E-state index contributed by atoms with van der Waals surface area (Å²) in [5.41, 5.74) is 2.99. The van der Waals surface area contributed by atoms with Gasteiger partial charge in [-0.2, -0.15) is 10.2 Å². The van der Waals surface area contributed by atoms with E-state index in [1.807, 2.05) is 16.9 Å². The molecule has 11 nitrogen and oxygen atoms in total. The molecule has 2 saturated heterocycles. The van der Waals surface area contributed by atoms with Crippen LogP contribution in [0.2, 0.25) is 0 Å². The van der Waals surface area contributed by atoms with Crippen molar-refractivity contribution in [3.05, 3.63) is 36.5 Å². The lowest BCUT2D eigenvalue weighted by molar-refractivity contribution is -0.122. The van der Waals surface area contributed by atoms with Crippen LogP contribution < -0.4 is 10.6 Å². The quantitative estimate of drug-likeness (QED) is 0.600. The molecular formula is C19H22N8O3. The average molecular weight is 410 g/mol. The number of urea groups is 1. The lowest BCUT2D eigenvalue weighted by Crippen LogP contribution is -2.51. The van der Waals surface area contributed by atoms with Gasteiger partial charge in [-0.15, -0.1) is 0 Å². The van der Waals surface area contributed by atoms with Crippen molar-refractivity contribution in [2.45, 2.75) is 12.5 Å². The van der Waals surface area contributed by atoms with Gasteiger partial charge in [-0.05, 0) is 6.07 Å². The zero-order chi connectivity index (χ0) is 20.5. The summed E-state index contributed by atoms with van der Waals surface area (Å²) in [6, 6.07) is 1.37. The SMILES string of the molecule is O=C1NCC(c2cc(-c3cnn(CCN4CCOCC4)c3)c3nccn3n2)C(=O)N1. The second kappa shape index (κ2) is 7.84. The van der Waals surface area contributed by atoms with E-state index >= 15 is 0 Å². The Morgan fingerprint density at radius 2 is 2.07 bits per heavy atom. The molecule has 0 aliphatic carbocycles. The van der Waals surface area contributed by atoms with E-state index in [0.29, 0.717) is 11.3 Å². The standard InChI is InChI=1S/C19H22N8O3/c28-18-15(11-21-19(29)23-18)16-9-14(17-20-1-2-27(17)24-16)13-10-22-26(12-13)4-3-25-5-7-30-8-6-25/h1-2,9-10,12,15H,3-8,11H2,(H2,21,23,28,29). The molecule has 3 amide bonds. The Hall–Kier alpha value is -3.31. The fourth-order valence-electron chi connectivity index (χ4n) is 3.78. The van der Waals surface area contributed by atoms with Crippen LogP contribution in [0.1, 0.15) is 11.6 Å². The summed E-state index contributed by atoms with van der Waals surface area (Å²) in [5, 5.41) is 14.0. The third-order valence-corrected chi connectivity index (χ3v) is 5.45. The van der Waals surface area contributed by atoms with Crippen LogP contribution in [0.5, 0.6) is 0 Å². The minimum absolute atomic E-state index is 0.204. The third kappa shape index (κ3) is 3.64. The molecule has 0 radical (unpaired) electrons. The molecule has 2 aliphatic heterocycles. The molecule has 156 valence electrons. The van der Waals surface area contributed by atoms with Gasteiger partial charge in [-0.1, -0.05) is 0 Å². The maximum absolute atomic E-state index is 12.3. The monoisotopic (exact) mass is 410 g/mol. The van der Waals surface area contributed by atoms with E-state index in [1.54, 1.807) is 23.1 Å². The smallest absolute Gasteiger partial charge is 0.321 e. The van der Waals surface area contributed by atoms with E-state index < -0.39 is 11.9 Å². The highest BCUT2D eigenvalue weighted by atomic mass is 16.5. The van der Waals surface area contributed by atoms with Crippen LogP contribution >= 0.6 is 0 Å². The number of nitrogens with one attached hydrogen (secondary N) is 2. The number of imide groups is 1. The summed E-state index contributed by atoms with van der Waals surface area (Å²) in [6.07, 6.45) is 7.19. The molecule has 5 heterocycles. The lowest BCUT2D eigenvalue weighted by Gasteiger charge is -2.26. The van der Waals surface area contributed by atoms with Crippen molar-refractivity contribution in [1.82, 2.24) is 39.9 Å². The largest absolute Gasteiger partial charge is 0.379 e. The maximum Gasteiger partial charge on any atom is 0.321 e. The Balaban J connectivity index is 1.41. The number of morpholine rings is 1. The number of hydrogen-bond acceptors (Lipinski definition) is 7. The van der Waals surface area contributed by atoms with Crippen molar-refractivity contribution in [3.8, 4) is 11.1 Å². The van der Waals surface area contributed by atoms with Crippen molar-refractivity contribution in [1.29, 1.82) is 0 Å². The molecule has 2 aliphatic rings. The van der Waals surface area contributed by atoms with Crippen LogP contribution in [0.3, 0.4) is 0 Å². The van der Waals surface area contributed by atoms with Crippen LogP contribution in [-0.2, 0) is 16.1 Å². The molecule has 2 N–H and O–H groups in total. The molecule has 3 aromatic rings. The lowest BCUT2D eigenvalue weighted by atomic mass is 10.00. The van der Waals surface area contributed by atoms with Gasteiger partial charge in [0.25, 0.3) is 0 Å².